The summed E-state index contributed by atoms with van der Waals surface area (Å²) < 4.78 is 18.3. The van der Waals surface area contributed by atoms with E-state index in [1.807, 2.05) is 0 Å². The van der Waals surface area contributed by atoms with Gasteiger partial charge in [-0.3, -0.25) is 9.59 Å². The second kappa shape index (κ2) is 4.98. The van der Waals surface area contributed by atoms with Gasteiger partial charge in [0.2, 0.25) is 11.3 Å². The molecule has 4 rings (SSSR count). The van der Waals surface area contributed by atoms with Crippen LogP contribution in [-0.4, -0.2) is 28.0 Å². The molecule has 0 bridgehead atoms. The molecule has 8 heteroatoms. The molecular weight excluding hydrogens is 319 g/mol. The highest BCUT2D eigenvalue weighted by Gasteiger charge is 2.39. The first-order chi connectivity index (χ1) is 11.6. The van der Waals surface area contributed by atoms with Gasteiger partial charge in [0.05, 0.1) is 16.5 Å². The first-order valence-electron chi connectivity index (χ1n) is 6.82. The molecule has 0 radical (unpaired) electrons. The van der Waals surface area contributed by atoms with Crippen LogP contribution < -0.4 is 0 Å². The van der Waals surface area contributed by atoms with E-state index in [1.165, 1.54) is 24.3 Å². The molecule has 24 heavy (non-hydrogen) atoms. The Bertz CT molecular complexity index is 991. The van der Waals surface area contributed by atoms with E-state index < -0.39 is 23.6 Å². The summed E-state index contributed by atoms with van der Waals surface area (Å²) in [6.45, 7) is 0. The Labute approximate surface area is 133 Å². The van der Waals surface area contributed by atoms with Gasteiger partial charge in [-0.2, -0.15) is 0 Å². The molecule has 118 valence electrons. The molecule has 0 N–H and O–H groups in total. The van der Waals surface area contributed by atoms with E-state index >= 15 is 0 Å². The monoisotopic (exact) mass is 326 g/mol. The number of carbonyl (C=O) groups is 3. The largest absolute Gasteiger partial charge is 0.386 e. The quantitative estimate of drug-likeness (QED) is 0.671. The number of imide groups is 1. The molecule has 1 aliphatic heterocycles. The molecule has 0 saturated carbocycles. The lowest BCUT2D eigenvalue weighted by atomic mass is 10.1. The normalized spacial score (nSPS) is 13.5. The maximum atomic E-state index is 13.6. The van der Waals surface area contributed by atoms with Gasteiger partial charge in [-0.05, 0) is 24.3 Å². The van der Waals surface area contributed by atoms with E-state index in [0.717, 1.165) is 6.07 Å². The van der Waals surface area contributed by atoms with E-state index in [9.17, 15) is 18.8 Å². The van der Waals surface area contributed by atoms with Gasteiger partial charge in [-0.15, -0.1) is 0 Å². The van der Waals surface area contributed by atoms with Crippen LogP contribution in [0.4, 0.5) is 4.39 Å². The number of benzene rings is 2. The van der Waals surface area contributed by atoms with E-state index in [1.54, 1.807) is 12.1 Å². The number of aromatic nitrogens is 1. The summed E-state index contributed by atoms with van der Waals surface area (Å²) in [5, 5.41) is 3.89. The Balaban J connectivity index is 1.67. The third kappa shape index (κ3) is 1.89. The van der Waals surface area contributed by atoms with Gasteiger partial charge in [0.25, 0.3) is 11.8 Å². The average Bonchev–Trinajstić information content (AvgIpc) is 3.12. The molecule has 0 spiro atoms. The lowest BCUT2D eigenvalue weighted by Crippen LogP contribution is -2.32. The van der Waals surface area contributed by atoms with Crippen LogP contribution in [0.2, 0.25) is 0 Å². The molecule has 0 unspecified atom stereocenters. The summed E-state index contributed by atoms with van der Waals surface area (Å²) in [6, 6.07) is 10.00. The van der Waals surface area contributed by atoms with Crippen molar-refractivity contribution >= 4 is 28.8 Å². The Kier molecular flexibility index (Phi) is 2.92. The van der Waals surface area contributed by atoms with Crippen molar-refractivity contribution < 1.29 is 28.1 Å². The van der Waals surface area contributed by atoms with Gasteiger partial charge in [0.15, 0.2) is 5.82 Å². The van der Waals surface area contributed by atoms with Crippen molar-refractivity contribution in [2.75, 3.05) is 0 Å². The van der Waals surface area contributed by atoms with Gasteiger partial charge in [0.1, 0.15) is 0 Å². The third-order valence-corrected chi connectivity index (χ3v) is 3.57. The molecule has 0 saturated heterocycles. The van der Waals surface area contributed by atoms with E-state index in [-0.39, 0.29) is 27.8 Å². The standard InChI is InChI=1S/C16H7FN2O5/c17-11-7-3-6-10-12(18-23-13(10)11)16(22)24-19-14(20)8-4-1-2-5-9(8)15(19)21/h1-7H. The minimum absolute atomic E-state index is 0.0802. The minimum atomic E-state index is -1.10. The zero-order valence-corrected chi connectivity index (χ0v) is 11.9. The molecule has 2 aromatic carbocycles. The Hall–Kier alpha value is -3.55. The summed E-state index contributed by atoms with van der Waals surface area (Å²) in [4.78, 5) is 41.4. The fourth-order valence-electron chi connectivity index (χ4n) is 2.45. The summed E-state index contributed by atoms with van der Waals surface area (Å²) >= 11 is 0. The number of hydroxylamine groups is 2. The number of hydrogen-bond acceptors (Lipinski definition) is 6. The summed E-state index contributed by atoms with van der Waals surface area (Å²) in [6.07, 6.45) is 0. The topological polar surface area (TPSA) is 89.7 Å². The van der Waals surface area contributed by atoms with Gasteiger partial charge >= 0.3 is 5.97 Å². The predicted octanol–water partition coefficient (Wildman–Crippen LogP) is 2.33. The number of carbonyl (C=O) groups excluding carboxylic acids is 3. The van der Waals surface area contributed by atoms with Crippen LogP contribution >= 0.6 is 0 Å². The lowest BCUT2D eigenvalue weighted by Gasteiger charge is -2.11. The molecular formula is C16H7FN2O5. The molecule has 1 aromatic heterocycles. The third-order valence-electron chi connectivity index (χ3n) is 3.57. The van der Waals surface area contributed by atoms with Crippen molar-refractivity contribution in [3.63, 3.8) is 0 Å². The van der Waals surface area contributed by atoms with Crippen molar-refractivity contribution in [2.24, 2.45) is 0 Å². The minimum Gasteiger partial charge on any atom is -0.352 e. The van der Waals surface area contributed by atoms with E-state index in [4.69, 9.17) is 9.36 Å². The number of para-hydroxylation sites is 1. The van der Waals surface area contributed by atoms with Gasteiger partial charge in [0, 0.05) is 0 Å². The van der Waals surface area contributed by atoms with Crippen LogP contribution in [0.1, 0.15) is 31.2 Å². The van der Waals surface area contributed by atoms with Crippen molar-refractivity contribution in [1.82, 2.24) is 10.2 Å². The zero-order valence-electron chi connectivity index (χ0n) is 11.9. The maximum absolute atomic E-state index is 13.6. The van der Waals surface area contributed by atoms with Crippen molar-refractivity contribution in [2.45, 2.75) is 0 Å². The number of nitrogens with zero attached hydrogens (tertiary/aromatic N) is 2. The molecule has 3 aromatic rings. The Morgan fingerprint density at radius 2 is 1.71 bits per heavy atom. The molecule has 2 heterocycles. The zero-order chi connectivity index (χ0) is 16.8. The molecule has 2 amide bonds. The summed E-state index contributed by atoms with van der Waals surface area (Å²) in [7, 11) is 0. The fourth-order valence-corrected chi connectivity index (χ4v) is 2.45. The molecule has 1 aliphatic rings. The molecule has 0 aliphatic carbocycles. The second-order valence-electron chi connectivity index (χ2n) is 4.98. The van der Waals surface area contributed by atoms with Gasteiger partial charge in [-0.1, -0.05) is 28.4 Å². The van der Waals surface area contributed by atoms with Crippen molar-refractivity contribution in [3.8, 4) is 0 Å². The van der Waals surface area contributed by atoms with Crippen LogP contribution in [0.3, 0.4) is 0 Å². The van der Waals surface area contributed by atoms with Crippen LogP contribution in [-0.2, 0) is 4.84 Å². The van der Waals surface area contributed by atoms with E-state index in [2.05, 4.69) is 5.16 Å². The van der Waals surface area contributed by atoms with Gasteiger partial charge in [-0.25, -0.2) is 9.18 Å². The molecule has 7 nitrogen and oxygen atoms in total. The summed E-state index contributed by atoms with van der Waals surface area (Å²) in [5.74, 6) is -3.32. The highest BCUT2D eigenvalue weighted by atomic mass is 19.1. The van der Waals surface area contributed by atoms with Crippen LogP contribution in [0.5, 0.6) is 0 Å². The fraction of sp³-hybridized carbons (Fsp3) is 0. The van der Waals surface area contributed by atoms with Crippen LogP contribution in [0.15, 0.2) is 47.0 Å². The van der Waals surface area contributed by atoms with Crippen LogP contribution in [0.25, 0.3) is 11.0 Å². The van der Waals surface area contributed by atoms with Gasteiger partial charge < -0.3 is 9.36 Å². The first-order valence-corrected chi connectivity index (χ1v) is 6.82. The smallest absolute Gasteiger partial charge is 0.352 e. The lowest BCUT2D eigenvalue weighted by molar-refractivity contribution is -0.0589. The number of amides is 2. The molecule has 0 atom stereocenters. The van der Waals surface area contributed by atoms with Crippen molar-refractivity contribution in [1.29, 1.82) is 0 Å². The molecule has 0 fully saturated rings. The number of fused-ring (bicyclic) bond motifs is 2. The average molecular weight is 326 g/mol. The first kappa shape index (κ1) is 14.1. The van der Waals surface area contributed by atoms with Crippen LogP contribution in [0, 0.1) is 5.82 Å². The second-order valence-corrected chi connectivity index (χ2v) is 4.98. The van der Waals surface area contributed by atoms with E-state index in [0.29, 0.717) is 5.06 Å². The predicted molar refractivity (Wildman–Crippen MR) is 76.3 cm³/mol. The number of halogens is 1. The SMILES string of the molecule is O=C(ON1C(=O)c2ccccc2C1=O)c1noc2c(F)cccc12. The highest BCUT2D eigenvalue weighted by Crippen LogP contribution is 2.25. The Morgan fingerprint density at radius 1 is 1.04 bits per heavy atom. The summed E-state index contributed by atoms with van der Waals surface area (Å²) in [5.41, 5.74) is -0.287. The maximum Gasteiger partial charge on any atom is 0.386 e. The Morgan fingerprint density at radius 3 is 2.38 bits per heavy atom. The number of rotatable bonds is 2. The van der Waals surface area contributed by atoms with Crippen molar-refractivity contribution in [3.05, 3.63) is 65.1 Å². The highest BCUT2D eigenvalue weighted by molar-refractivity contribution is 6.21. The number of hydrogen-bond donors (Lipinski definition) is 0.